The molecule has 2 aromatic rings. The van der Waals surface area contributed by atoms with E-state index in [1.807, 2.05) is 36.4 Å². The number of nitriles is 1. The van der Waals surface area contributed by atoms with Gasteiger partial charge in [0.25, 0.3) is 0 Å². The quantitative estimate of drug-likeness (QED) is 0.844. The summed E-state index contributed by atoms with van der Waals surface area (Å²) in [6.07, 6.45) is 0.332. The van der Waals surface area contributed by atoms with Crippen LogP contribution < -0.4 is 0 Å². The van der Waals surface area contributed by atoms with Crippen LogP contribution in [0.3, 0.4) is 0 Å². The van der Waals surface area contributed by atoms with E-state index in [1.165, 1.54) is 11.3 Å². The summed E-state index contributed by atoms with van der Waals surface area (Å²) in [6.45, 7) is 1.74. The van der Waals surface area contributed by atoms with Crippen LogP contribution in [0.4, 0.5) is 0 Å². The Bertz CT molecular complexity index is 586. The number of rotatable bonds is 4. The van der Waals surface area contributed by atoms with E-state index in [4.69, 9.17) is 5.26 Å². The molecule has 0 unspecified atom stereocenters. The summed E-state index contributed by atoms with van der Waals surface area (Å²) in [4.78, 5) is 11.6. The van der Waals surface area contributed by atoms with Gasteiger partial charge in [0, 0.05) is 12.0 Å². The third kappa shape index (κ3) is 2.44. The smallest absolute Gasteiger partial charge is 0.158 e. The molecule has 0 fully saturated rings. The minimum atomic E-state index is -0.787. The third-order valence-corrected chi connectivity index (χ3v) is 3.55. The number of ketones is 1. The second-order valence-electron chi connectivity index (χ2n) is 3.69. The zero-order chi connectivity index (χ0) is 13.0. The van der Waals surface area contributed by atoms with E-state index in [0.29, 0.717) is 11.4 Å². The SMILES string of the molecule is CCC(=O)[C@H](C#N)c1nnc(-c2ccccc2)s1. The van der Waals surface area contributed by atoms with Crippen LogP contribution in [0, 0.1) is 11.3 Å². The first kappa shape index (κ1) is 12.4. The molecule has 0 N–H and O–H groups in total. The number of aromatic nitrogens is 2. The first-order chi connectivity index (χ1) is 8.76. The van der Waals surface area contributed by atoms with Crippen molar-refractivity contribution in [2.75, 3.05) is 0 Å². The van der Waals surface area contributed by atoms with E-state index >= 15 is 0 Å². The van der Waals surface area contributed by atoms with Gasteiger partial charge < -0.3 is 0 Å². The van der Waals surface area contributed by atoms with Crippen molar-refractivity contribution in [3.8, 4) is 16.6 Å². The molecule has 1 atom stereocenters. The Hall–Kier alpha value is -2.06. The van der Waals surface area contributed by atoms with E-state index in [2.05, 4.69) is 10.2 Å². The molecular weight excluding hydrogens is 246 g/mol. The number of hydrogen-bond donors (Lipinski definition) is 0. The van der Waals surface area contributed by atoms with Crippen molar-refractivity contribution in [1.82, 2.24) is 10.2 Å². The molecule has 1 aromatic carbocycles. The Morgan fingerprint density at radius 1 is 1.39 bits per heavy atom. The molecule has 0 radical (unpaired) electrons. The van der Waals surface area contributed by atoms with Gasteiger partial charge in [-0.05, 0) is 0 Å². The molecule has 0 saturated carbocycles. The van der Waals surface area contributed by atoms with Crippen molar-refractivity contribution >= 4 is 17.1 Å². The van der Waals surface area contributed by atoms with Crippen molar-refractivity contribution in [1.29, 1.82) is 5.26 Å². The Kier molecular flexibility index (Phi) is 3.80. The molecule has 0 amide bonds. The Labute approximate surface area is 109 Å². The molecule has 0 aliphatic carbocycles. The van der Waals surface area contributed by atoms with Crippen molar-refractivity contribution in [3.05, 3.63) is 35.3 Å². The first-order valence-corrected chi connectivity index (χ1v) is 6.39. The fourth-order valence-corrected chi connectivity index (χ4v) is 2.44. The van der Waals surface area contributed by atoms with Crippen LogP contribution in [0.5, 0.6) is 0 Å². The number of benzene rings is 1. The zero-order valence-corrected chi connectivity index (χ0v) is 10.6. The Morgan fingerprint density at radius 2 is 2.11 bits per heavy atom. The summed E-state index contributed by atoms with van der Waals surface area (Å²) in [7, 11) is 0. The highest BCUT2D eigenvalue weighted by atomic mass is 32.1. The van der Waals surface area contributed by atoms with Gasteiger partial charge in [-0.2, -0.15) is 5.26 Å². The second kappa shape index (κ2) is 5.52. The molecule has 0 aliphatic rings. The molecule has 90 valence electrons. The molecule has 5 heteroatoms. The van der Waals surface area contributed by atoms with E-state index in [1.54, 1.807) is 6.92 Å². The number of nitrogens with zero attached hydrogens (tertiary/aromatic N) is 3. The van der Waals surface area contributed by atoms with Gasteiger partial charge in [0.2, 0.25) is 0 Å². The standard InChI is InChI=1S/C13H11N3OS/c1-2-11(17)10(8-14)13-16-15-12(18-13)9-6-4-3-5-7-9/h3-7,10H,2H2,1H3/t10-/m0/s1. The summed E-state index contributed by atoms with van der Waals surface area (Å²) < 4.78 is 0. The van der Waals surface area contributed by atoms with Crippen LogP contribution in [-0.4, -0.2) is 16.0 Å². The van der Waals surface area contributed by atoms with Crippen LogP contribution in [0.2, 0.25) is 0 Å². The van der Waals surface area contributed by atoms with Gasteiger partial charge in [-0.15, -0.1) is 10.2 Å². The highest BCUT2D eigenvalue weighted by Crippen LogP contribution is 2.28. The van der Waals surface area contributed by atoms with Crippen LogP contribution in [0.15, 0.2) is 30.3 Å². The topological polar surface area (TPSA) is 66.6 Å². The summed E-state index contributed by atoms with van der Waals surface area (Å²) in [5, 5.41) is 18.2. The van der Waals surface area contributed by atoms with Crippen molar-refractivity contribution < 1.29 is 4.79 Å². The first-order valence-electron chi connectivity index (χ1n) is 5.57. The predicted molar refractivity (Wildman–Crippen MR) is 69.0 cm³/mol. The molecule has 1 aromatic heterocycles. The van der Waals surface area contributed by atoms with Crippen LogP contribution in [0.1, 0.15) is 24.3 Å². The van der Waals surface area contributed by atoms with Gasteiger partial charge in [0.15, 0.2) is 11.7 Å². The van der Waals surface area contributed by atoms with Crippen LogP contribution in [-0.2, 0) is 4.79 Å². The predicted octanol–water partition coefficient (Wildman–Crippen LogP) is 2.79. The maximum absolute atomic E-state index is 11.6. The van der Waals surface area contributed by atoms with Gasteiger partial charge in [0.1, 0.15) is 10.0 Å². The van der Waals surface area contributed by atoms with E-state index in [-0.39, 0.29) is 5.78 Å². The van der Waals surface area contributed by atoms with E-state index in [0.717, 1.165) is 10.6 Å². The average Bonchev–Trinajstić information content (AvgIpc) is 2.90. The summed E-state index contributed by atoms with van der Waals surface area (Å²) in [6, 6.07) is 11.6. The highest BCUT2D eigenvalue weighted by molar-refractivity contribution is 7.14. The lowest BCUT2D eigenvalue weighted by molar-refractivity contribution is -0.119. The lowest BCUT2D eigenvalue weighted by atomic mass is 10.1. The second-order valence-corrected chi connectivity index (χ2v) is 4.70. The minimum Gasteiger partial charge on any atom is -0.298 e. The molecule has 0 saturated heterocycles. The van der Waals surface area contributed by atoms with Gasteiger partial charge in [-0.1, -0.05) is 48.6 Å². The maximum atomic E-state index is 11.6. The van der Waals surface area contributed by atoms with Crippen LogP contribution in [0.25, 0.3) is 10.6 Å². The molecular formula is C13H11N3OS. The number of carbonyl (C=O) groups is 1. The fraction of sp³-hybridized carbons (Fsp3) is 0.231. The summed E-state index contributed by atoms with van der Waals surface area (Å²) in [5.41, 5.74) is 0.946. The average molecular weight is 257 g/mol. The lowest BCUT2D eigenvalue weighted by Crippen LogP contribution is -2.08. The molecule has 18 heavy (non-hydrogen) atoms. The van der Waals surface area contributed by atoms with Gasteiger partial charge in [0.05, 0.1) is 6.07 Å². The molecule has 0 bridgehead atoms. The summed E-state index contributed by atoms with van der Waals surface area (Å²) >= 11 is 1.30. The van der Waals surface area contributed by atoms with E-state index in [9.17, 15) is 4.79 Å². The van der Waals surface area contributed by atoms with Crippen molar-refractivity contribution in [2.45, 2.75) is 19.3 Å². The maximum Gasteiger partial charge on any atom is 0.158 e. The Balaban J connectivity index is 2.31. The fourth-order valence-electron chi connectivity index (χ4n) is 1.52. The van der Waals surface area contributed by atoms with Gasteiger partial charge >= 0.3 is 0 Å². The van der Waals surface area contributed by atoms with E-state index < -0.39 is 5.92 Å². The molecule has 0 aliphatic heterocycles. The normalized spacial score (nSPS) is 11.8. The molecule has 1 heterocycles. The highest BCUT2D eigenvalue weighted by Gasteiger charge is 2.23. The number of carbonyl (C=O) groups excluding carboxylic acids is 1. The minimum absolute atomic E-state index is 0.117. The molecule has 0 spiro atoms. The van der Waals surface area contributed by atoms with Gasteiger partial charge in [-0.25, -0.2) is 0 Å². The number of Topliss-reactive ketones (excluding diaryl/α,β-unsaturated/α-hetero) is 1. The Morgan fingerprint density at radius 3 is 2.72 bits per heavy atom. The van der Waals surface area contributed by atoms with Crippen LogP contribution >= 0.6 is 11.3 Å². The largest absolute Gasteiger partial charge is 0.298 e. The van der Waals surface area contributed by atoms with Gasteiger partial charge in [-0.3, -0.25) is 4.79 Å². The third-order valence-electron chi connectivity index (χ3n) is 2.51. The zero-order valence-electron chi connectivity index (χ0n) is 9.83. The lowest BCUT2D eigenvalue weighted by Gasteiger charge is -1.99. The molecule has 4 nitrogen and oxygen atoms in total. The number of hydrogen-bond acceptors (Lipinski definition) is 5. The summed E-state index contributed by atoms with van der Waals surface area (Å²) in [5.74, 6) is -0.904. The molecule has 2 rings (SSSR count). The van der Waals surface area contributed by atoms with Crippen molar-refractivity contribution in [2.24, 2.45) is 0 Å². The monoisotopic (exact) mass is 257 g/mol. The van der Waals surface area contributed by atoms with Crippen molar-refractivity contribution in [3.63, 3.8) is 0 Å².